The standard InChI is InChI=1S/Li.Mn.Ni.2H2O.2O.Zn.H/h;;;2*1H2;;;;/q;+2;;;;;;;/p-2. The average molecular weight is 253 g/mol. The Balaban J connectivity index is -0.0000000267. The van der Waals surface area contributed by atoms with Gasteiger partial charge in [0.1, 0.15) is 0 Å². The Morgan fingerprint density at radius 2 is 1.12 bits per heavy atom. The van der Waals surface area contributed by atoms with Crippen LogP contribution in [-0.2, 0) is 57.0 Å². The van der Waals surface area contributed by atoms with Crippen LogP contribution in [-0.4, -0.2) is 27.2 Å². The van der Waals surface area contributed by atoms with Crippen LogP contribution >= 0.6 is 0 Å². The van der Waals surface area contributed by atoms with Gasteiger partial charge in [-0.05, 0) is 0 Å². The zero-order valence-corrected chi connectivity index (χ0v) is 8.25. The minimum atomic E-state index is -5.12. The summed E-state index contributed by atoms with van der Waals surface area (Å²) in [5.41, 5.74) is 0. The first-order valence-corrected chi connectivity index (χ1v) is 2.67. The second-order valence-electron chi connectivity index (χ2n) is 0.415. The predicted molar refractivity (Wildman–Crippen MR) is 13.0 cm³/mol. The van der Waals surface area contributed by atoms with E-state index in [2.05, 4.69) is 0 Å². The monoisotopic (exact) mass is 251 g/mol. The summed E-state index contributed by atoms with van der Waals surface area (Å²) in [7, 11) is 0. The van der Waals surface area contributed by atoms with E-state index in [-0.39, 0.29) is 54.8 Å². The number of rotatable bonds is 0. The molecule has 0 saturated heterocycles. The van der Waals surface area contributed by atoms with Gasteiger partial charge in [0.15, 0.2) is 0 Å². The summed E-state index contributed by atoms with van der Waals surface area (Å²) in [4.78, 5) is 0. The van der Waals surface area contributed by atoms with Crippen molar-refractivity contribution in [1.29, 1.82) is 0 Å². The van der Waals surface area contributed by atoms with Gasteiger partial charge in [-0.25, -0.2) is 0 Å². The van der Waals surface area contributed by atoms with Crippen LogP contribution in [0.3, 0.4) is 0 Å². The first-order chi connectivity index (χ1) is 2.00. The quantitative estimate of drug-likeness (QED) is 0.489. The molecule has 0 aliphatic carbocycles. The van der Waals surface area contributed by atoms with E-state index in [4.69, 9.17) is 16.0 Å². The minimum absolute atomic E-state index is 0. The molecule has 2 N–H and O–H groups in total. The van der Waals surface area contributed by atoms with Crippen LogP contribution in [0.5, 0.6) is 0 Å². The summed E-state index contributed by atoms with van der Waals surface area (Å²) in [6, 6.07) is 0. The molecule has 0 rings (SSSR count). The molecule has 0 spiro atoms. The summed E-state index contributed by atoms with van der Waals surface area (Å²) in [5.74, 6) is 0. The van der Waals surface area contributed by atoms with Crippen LogP contribution in [0.15, 0.2) is 0 Å². The fourth-order valence-electron chi connectivity index (χ4n) is 0. The molecular weight excluding hydrogens is 250 g/mol. The van der Waals surface area contributed by atoms with Gasteiger partial charge >= 0.3 is 48.3 Å². The Morgan fingerprint density at radius 1 is 1.12 bits per heavy atom. The molecule has 0 aromatic carbocycles. The molecule has 0 aromatic rings. The first-order valence-electron chi connectivity index (χ1n) is 0.647. The van der Waals surface area contributed by atoms with Crippen molar-refractivity contribution in [3.8, 4) is 0 Å². The second kappa shape index (κ2) is 8.75. The van der Waals surface area contributed by atoms with Crippen molar-refractivity contribution in [1.82, 2.24) is 0 Å². The summed E-state index contributed by atoms with van der Waals surface area (Å²) < 4.78 is 31.8. The van der Waals surface area contributed by atoms with Crippen molar-refractivity contribution in [2.45, 2.75) is 0 Å². The molecule has 8 heteroatoms. The maximum atomic E-state index is 8.80. The first kappa shape index (κ1) is 22.6. The molecule has 0 aliphatic rings. The molecule has 0 atom stereocenters. The Bertz CT molecular complexity index is 99.2. The van der Waals surface area contributed by atoms with Gasteiger partial charge in [-0.15, -0.1) is 0 Å². The second-order valence-corrected chi connectivity index (χ2v) is 1.71. The third kappa shape index (κ3) is 115. The van der Waals surface area contributed by atoms with Gasteiger partial charge in [0.05, 0.1) is 0 Å². The summed E-state index contributed by atoms with van der Waals surface area (Å²) in [6.07, 6.45) is 0. The van der Waals surface area contributed by atoms with Crippen LogP contribution in [0.2, 0.25) is 0 Å². The summed E-state index contributed by atoms with van der Waals surface area (Å²) in [6.45, 7) is 0. The molecule has 47 valence electrons. The molecule has 0 aromatic heterocycles. The van der Waals surface area contributed by atoms with Gasteiger partial charge < -0.3 is 0 Å². The minimum Gasteiger partial charge on any atom is 0 e. The summed E-state index contributed by atoms with van der Waals surface area (Å²) >= 11 is -5.12. The molecule has 0 bridgehead atoms. The van der Waals surface area contributed by atoms with Crippen LogP contribution in [0.25, 0.3) is 0 Å². The van der Waals surface area contributed by atoms with Crippen molar-refractivity contribution in [3.05, 3.63) is 0 Å². The molecule has 0 amide bonds. The van der Waals surface area contributed by atoms with E-state index in [9.17, 15) is 0 Å². The number of hydrogen-bond acceptors (Lipinski definition) is 2. The predicted octanol–water partition coefficient (Wildman–Crippen LogP) is -2.01. The molecular formula is H3LiMnNiO4Zn. The number of hydrogen-bond donors (Lipinski definition) is 2. The van der Waals surface area contributed by atoms with Crippen molar-refractivity contribution in [2.75, 3.05) is 0 Å². The van der Waals surface area contributed by atoms with E-state index in [1.165, 1.54) is 0 Å². The zero-order valence-electron chi connectivity index (χ0n) is 3.11. The molecule has 0 saturated carbocycles. The third-order valence-corrected chi connectivity index (χ3v) is 0. The smallest absolute Gasteiger partial charge is 0 e. The fraction of sp³-hybridized carbons (Fsp3) is 0. The van der Waals surface area contributed by atoms with Crippen LogP contribution in [0.1, 0.15) is 0 Å². The van der Waals surface area contributed by atoms with Gasteiger partial charge in [0.25, 0.3) is 0 Å². The van der Waals surface area contributed by atoms with E-state index < -0.39 is 13.4 Å². The van der Waals surface area contributed by atoms with Crippen LogP contribution in [0.4, 0.5) is 0 Å². The third-order valence-electron chi connectivity index (χ3n) is 0. The van der Waals surface area contributed by atoms with Crippen molar-refractivity contribution < 1.29 is 65.4 Å². The molecule has 8 heavy (non-hydrogen) atoms. The van der Waals surface area contributed by atoms with Crippen LogP contribution in [0, 0.1) is 0 Å². The van der Waals surface area contributed by atoms with Gasteiger partial charge in [0.2, 0.25) is 0 Å². The van der Waals surface area contributed by atoms with E-state index in [1.807, 2.05) is 0 Å². The maximum absolute atomic E-state index is 8.80. The van der Waals surface area contributed by atoms with Crippen molar-refractivity contribution in [3.63, 3.8) is 0 Å². The van der Waals surface area contributed by atoms with Gasteiger partial charge in [0, 0.05) is 36.0 Å². The molecule has 0 unspecified atom stereocenters. The Kier molecular flexibility index (Phi) is 24.7. The summed E-state index contributed by atoms with van der Waals surface area (Å²) in [5, 5.41) is 0. The Morgan fingerprint density at radius 3 is 1.12 bits per heavy atom. The van der Waals surface area contributed by atoms with E-state index >= 15 is 0 Å². The van der Waals surface area contributed by atoms with Gasteiger partial charge in [-0.1, -0.05) is 0 Å². The van der Waals surface area contributed by atoms with Crippen molar-refractivity contribution in [2.24, 2.45) is 0 Å². The molecule has 0 fully saturated rings. The molecule has 0 radical (unpaired) electrons. The van der Waals surface area contributed by atoms with E-state index in [0.29, 0.717) is 0 Å². The normalized spacial score (nSPS) is 7.25. The Labute approximate surface area is 83.6 Å². The largest absolute Gasteiger partial charge is 0 e. The zero-order chi connectivity index (χ0) is 4.50. The van der Waals surface area contributed by atoms with E-state index in [1.54, 1.807) is 0 Å². The molecule has 4 nitrogen and oxygen atoms in total. The molecule has 0 aliphatic heterocycles. The maximum Gasteiger partial charge on any atom is 0 e. The Hall–Kier alpha value is 1.75. The van der Waals surface area contributed by atoms with Gasteiger partial charge in [-0.3, -0.25) is 0 Å². The van der Waals surface area contributed by atoms with Crippen LogP contribution < -0.4 is 0 Å². The van der Waals surface area contributed by atoms with E-state index in [0.717, 1.165) is 0 Å². The fourth-order valence-corrected chi connectivity index (χ4v) is 0. The molecule has 0 heterocycles. The van der Waals surface area contributed by atoms with Crippen molar-refractivity contribution >= 4 is 18.9 Å². The van der Waals surface area contributed by atoms with Gasteiger partial charge in [-0.2, -0.15) is 0 Å². The SMILES string of the molecule is [LiH].[Ni].[O]=[Mn](=[O])([OH])[OH].[Zn]. The topological polar surface area (TPSA) is 74.6 Å². The average Bonchev–Trinajstić information content (AvgIpc) is 0.722.